The number of benzene rings is 1. The van der Waals surface area contributed by atoms with Crippen molar-refractivity contribution in [2.24, 2.45) is 11.8 Å². The third-order valence-electron chi connectivity index (χ3n) is 3.61. The van der Waals surface area contributed by atoms with Gasteiger partial charge in [-0.15, -0.1) is 0 Å². The van der Waals surface area contributed by atoms with E-state index in [1.165, 1.54) is 17.7 Å². The molecule has 0 fully saturated rings. The van der Waals surface area contributed by atoms with Crippen molar-refractivity contribution in [2.45, 2.75) is 40.7 Å². The number of halogens is 1. The van der Waals surface area contributed by atoms with Gasteiger partial charge in [-0.3, -0.25) is 0 Å². The smallest absolute Gasteiger partial charge is 0.0420 e. The highest BCUT2D eigenvalue weighted by molar-refractivity contribution is 9.10. The molecule has 1 N–H and O–H groups in total. The van der Waals surface area contributed by atoms with Crippen LogP contribution in [0.25, 0.3) is 0 Å². The number of anilines is 1. The van der Waals surface area contributed by atoms with Crippen LogP contribution in [0.3, 0.4) is 0 Å². The summed E-state index contributed by atoms with van der Waals surface area (Å²) in [6.45, 7) is 12.1. The van der Waals surface area contributed by atoms with Crippen molar-refractivity contribution in [1.82, 2.24) is 5.32 Å². The Balaban J connectivity index is 2.78. The van der Waals surface area contributed by atoms with E-state index in [0.717, 1.165) is 30.0 Å². The third-order valence-corrected chi connectivity index (χ3v) is 4.10. The molecule has 1 aromatic carbocycles. The maximum Gasteiger partial charge on any atom is 0.0420 e. The van der Waals surface area contributed by atoms with Gasteiger partial charge in [0.1, 0.15) is 0 Å². The first-order valence-corrected chi connectivity index (χ1v) is 8.43. The highest BCUT2D eigenvalue weighted by Gasteiger charge is 2.11. The monoisotopic (exact) mass is 340 g/mol. The summed E-state index contributed by atoms with van der Waals surface area (Å²) in [4.78, 5) is 2.38. The number of nitrogens with one attached hydrogen (secondary N) is 1. The van der Waals surface area contributed by atoms with Crippen molar-refractivity contribution in [3.8, 4) is 0 Å². The predicted molar refractivity (Wildman–Crippen MR) is 93.4 cm³/mol. The zero-order valence-electron chi connectivity index (χ0n) is 13.5. The minimum absolute atomic E-state index is 0.687. The summed E-state index contributed by atoms with van der Waals surface area (Å²) >= 11 is 3.59. The van der Waals surface area contributed by atoms with Crippen LogP contribution in [-0.2, 0) is 6.54 Å². The summed E-state index contributed by atoms with van der Waals surface area (Å²) in [6.07, 6.45) is 1.22. The quantitative estimate of drug-likeness (QED) is 0.739. The molecule has 0 bridgehead atoms. The topological polar surface area (TPSA) is 15.3 Å². The van der Waals surface area contributed by atoms with Gasteiger partial charge in [-0.25, -0.2) is 0 Å². The molecular formula is C17H29BrN2. The van der Waals surface area contributed by atoms with E-state index in [-0.39, 0.29) is 0 Å². The Morgan fingerprint density at radius 3 is 2.55 bits per heavy atom. The standard InChI is InChI=1S/C17H29BrN2/c1-6-14(4)12-20(5)17-9-16(18)8-7-15(17)11-19-10-13(2)3/h7-9,13-14,19H,6,10-12H2,1-5H3. The van der Waals surface area contributed by atoms with Crippen LogP contribution in [0.2, 0.25) is 0 Å². The van der Waals surface area contributed by atoms with Crippen LogP contribution in [0.15, 0.2) is 22.7 Å². The van der Waals surface area contributed by atoms with Gasteiger partial charge < -0.3 is 10.2 Å². The maximum atomic E-state index is 3.59. The van der Waals surface area contributed by atoms with Gasteiger partial charge >= 0.3 is 0 Å². The highest BCUT2D eigenvalue weighted by atomic mass is 79.9. The molecule has 0 saturated heterocycles. The first-order chi connectivity index (χ1) is 9.43. The van der Waals surface area contributed by atoms with Crippen molar-refractivity contribution in [1.29, 1.82) is 0 Å². The summed E-state index contributed by atoms with van der Waals surface area (Å²) in [7, 11) is 2.19. The van der Waals surface area contributed by atoms with Crippen LogP contribution < -0.4 is 10.2 Å². The lowest BCUT2D eigenvalue weighted by molar-refractivity contribution is 0.546. The van der Waals surface area contributed by atoms with E-state index >= 15 is 0 Å². The molecule has 3 heteroatoms. The lowest BCUT2D eigenvalue weighted by Gasteiger charge is -2.26. The Hall–Kier alpha value is -0.540. The largest absolute Gasteiger partial charge is 0.374 e. The summed E-state index contributed by atoms with van der Waals surface area (Å²) in [5.41, 5.74) is 2.70. The summed E-state index contributed by atoms with van der Waals surface area (Å²) in [6, 6.07) is 6.58. The minimum atomic E-state index is 0.687. The van der Waals surface area contributed by atoms with Gasteiger partial charge in [0, 0.05) is 30.3 Å². The van der Waals surface area contributed by atoms with Crippen molar-refractivity contribution >= 4 is 21.6 Å². The second kappa shape index (κ2) is 8.68. The fourth-order valence-electron chi connectivity index (χ4n) is 2.23. The zero-order chi connectivity index (χ0) is 15.1. The average molecular weight is 341 g/mol. The molecule has 0 radical (unpaired) electrons. The van der Waals surface area contributed by atoms with Crippen LogP contribution >= 0.6 is 15.9 Å². The normalized spacial score (nSPS) is 12.8. The number of hydrogen-bond donors (Lipinski definition) is 1. The number of hydrogen-bond acceptors (Lipinski definition) is 2. The molecule has 114 valence electrons. The van der Waals surface area contributed by atoms with Crippen molar-refractivity contribution in [3.05, 3.63) is 28.2 Å². The Labute approximate surface area is 133 Å². The molecule has 0 aromatic heterocycles. The predicted octanol–water partition coefficient (Wildman–Crippen LogP) is 4.68. The highest BCUT2D eigenvalue weighted by Crippen LogP contribution is 2.25. The van der Waals surface area contributed by atoms with Crippen molar-refractivity contribution < 1.29 is 0 Å². The van der Waals surface area contributed by atoms with E-state index in [1.54, 1.807) is 0 Å². The van der Waals surface area contributed by atoms with Gasteiger partial charge in [0.15, 0.2) is 0 Å². The second-order valence-corrected chi connectivity index (χ2v) is 7.11. The van der Waals surface area contributed by atoms with Crippen LogP contribution in [0.4, 0.5) is 5.69 Å². The zero-order valence-corrected chi connectivity index (χ0v) is 15.1. The first-order valence-electron chi connectivity index (χ1n) is 7.64. The van der Waals surface area contributed by atoms with E-state index in [2.05, 4.69) is 79.1 Å². The Morgan fingerprint density at radius 2 is 1.95 bits per heavy atom. The molecule has 0 aliphatic rings. The van der Waals surface area contributed by atoms with E-state index < -0.39 is 0 Å². The lowest BCUT2D eigenvalue weighted by Crippen LogP contribution is -2.26. The summed E-state index contributed by atoms with van der Waals surface area (Å²) < 4.78 is 1.15. The molecule has 1 unspecified atom stereocenters. The van der Waals surface area contributed by atoms with E-state index in [0.29, 0.717) is 5.92 Å². The van der Waals surface area contributed by atoms with Gasteiger partial charge in [0.25, 0.3) is 0 Å². The van der Waals surface area contributed by atoms with Crippen LogP contribution in [0.5, 0.6) is 0 Å². The average Bonchev–Trinajstić information content (AvgIpc) is 2.39. The van der Waals surface area contributed by atoms with E-state index in [1.807, 2.05) is 0 Å². The molecule has 0 heterocycles. The fourth-order valence-corrected chi connectivity index (χ4v) is 2.58. The molecule has 1 aromatic rings. The molecule has 1 atom stereocenters. The molecule has 0 aliphatic heterocycles. The fraction of sp³-hybridized carbons (Fsp3) is 0.647. The summed E-state index contributed by atoms with van der Waals surface area (Å²) in [5, 5.41) is 3.54. The van der Waals surface area contributed by atoms with Gasteiger partial charge in [-0.2, -0.15) is 0 Å². The maximum absolute atomic E-state index is 3.59. The third kappa shape index (κ3) is 5.84. The molecule has 0 spiro atoms. The van der Waals surface area contributed by atoms with Gasteiger partial charge in [-0.1, -0.05) is 56.1 Å². The van der Waals surface area contributed by atoms with Crippen molar-refractivity contribution in [3.63, 3.8) is 0 Å². The minimum Gasteiger partial charge on any atom is -0.374 e. The molecular weight excluding hydrogens is 312 g/mol. The van der Waals surface area contributed by atoms with Crippen LogP contribution in [0, 0.1) is 11.8 Å². The summed E-state index contributed by atoms with van der Waals surface area (Å²) in [5.74, 6) is 1.40. The van der Waals surface area contributed by atoms with Crippen LogP contribution in [0.1, 0.15) is 39.7 Å². The van der Waals surface area contributed by atoms with Gasteiger partial charge in [0.2, 0.25) is 0 Å². The Morgan fingerprint density at radius 1 is 1.25 bits per heavy atom. The van der Waals surface area contributed by atoms with Crippen molar-refractivity contribution in [2.75, 3.05) is 25.0 Å². The molecule has 2 nitrogen and oxygen atoms in total. The first kappa shape index (κ1) is 17.5. The molecule has 0 amide bonds. The molecule has 20 heavy (non-hydrogen) atoms. The molecule has 0 aliphatic carbocycles. The Kier molecular flexibility index (Phi) is 7.60. The van der Waals surface area contributed by atoms with Gasteiger partial charge in [0.05, 0.1) is 0 Å². The van der Waals surface area contributed by atoms with E-state index in [4.69, 9.17) is 0 Å². The van der Waals surface area contributed by atoms with E-state index in [9.17, 15) is 0 Å². The number of nitrogens with zero attached hydrogens (tertiary/aromatic N) is 1. The molecule has 0 saturated carbocycles. The Bertz CT molecular complexity index is 404. The lowest BCUT2D eigenvalue weighted by atomic mass is 10.1. The van der Waals surface area contributed by atoms with Gasteiger partial charge in [-0.05, 0) is 36.1 Å². The SMILES string of the molecule is CCC(C)CN(C)c1cc(Br)ccc1CNCC(C)C. The van der Waals surface area contributed by atoms with Crippen LogP contribution in [-0.4, -0.2) is 20.1 Å². The number of rotatable bonds is 8. The molecule has 1 rings (SSSR count). The second-order valence-electron chi connectivity index (χ2n) is 6.19.